The van der Waals surface area contributed by atoms with Gasteiger partial charge < -0.3 is 9.73 Å². The number of furan rings is 1. The first kappa shape index (κ1) is 15.3. The first-order chi connectivity index (χ1) is 11.1. The largest absolute Gasteiger partial charge is 0.451 e. The van der Waals surface area contributed by atoms with E-state index < -0.39 is 0 Å². The zero-order chi connectivity index (χ0) is 16.2. The second-order valence-corrected chi connectivity index (χ2v) is 5.95. The summed E-state index contributed by atoms with van der Waals surface area (Å²) in [5.74, 6) is 0.275. The number of hydrogen-bond acceptors (Lipinski definition) is 2. The Kier molecular flexibility index (Phi) is 4.47. The van der Waals surface area contributed by atoms with Gasteiger partial charge in [-0.05, 0) is 38.3 Å². The van der Waals surface area contributed by atoms with Crippen LogP contribution in [0.3, 0.4) is 0 Å². The maximum absolute atomic E-state index is 12.5. The van der Waals surface area contributed by atoms with Crippen LogP contribution in [0.2, 0.25) is 0 Å². The minimum Gasteiger partial charge on any atom is -0.451 e. The normalized spacial score (nSPS) is 12.3. The van der Waals surface area contributed by atoms with E-state index in [1.54, 1.807) is 0 Å². The standard InChI is InChI=1S/C20H21NO2/c1-14(12-13-16-8-4-3-5-9-16)21-20(22)19-15(2)17-10-6-7-11-18(17)23-19/h3-11,14H,12-13H2,1-2H3,(H,21,22)/t14-/m0/s1. The second-order valence-electron chi connectivity index (χ2n) is 5.95. The highest BCUT2D eigenvalue weighted by Gasteiger charge is 2.18. The van der Waals surface area contributed by atoms with Crippen molar-refractivity contribution in [3.8, 4) is 0 Å². The van der Waals surface area contributed by atoms with Crippen LogP contribution in [0.4, 0.5) is 0 Å². The summed E-state index contributed by atoms with van der Waals surface area (Å²) in [6.07, 6.45) is 1.84. The van der Waals surface area contributed by atoms with Crippen LogP contribution in [-0.4, -0.2) is 11.9 Å². The molecule has 0 aliphatic carbocycles. The highest BCUT2D eigenvalue weighted by Crippen LogP contribution is 2.24. The van der Waals surface area contributed by atoms with Gasteiger partial charge in [-0.15, -0.1) is 0 Å². The fraction of sp³-hybridized carbons (Fsp3) is 0.250. The number of rotatable bonds is 5. The number of aryl methyl sites for hydroxylation is 2. The maximum atomic E-state index is 12.5. The average Bonchev–Trinajstić information content (AvgIpc) is 2.91. The molecule has 23 heavy (non-hydrogen) atoms. The van der Waals surface area contributed by atoms with Gasteiger partial charge >= 0.3 is 0 Å². The summed E-state index contributed by atoms with van der Waals surface area (Å²) in [5.41, 5.74) is 2.94. The van der Waals surface area contributed by atoms with E-state index in [0.29, 0.717) is 5.76 Å². The zero-order valence-electron chi connectivity index (χ0n) is 13.5. The highest BCUT2D eigenvalue weighted by atomic mass is 16.3. The van der Waals surface area contributed by atoms with E-state index in [4.69, 9.17) is 4.42 Å². The van der Waals surface area contributed by atoms with Crippen LogP contribution < -0.4 is 5.32 Å². The molecule has 0 fully saturated rings. The SMILES string of the molecule is Cc1c(C(=O)N[C@@H](C)CCc2ccccc2)oc2ccccc12. The number of benzene rings is 2. The lowest BCUT2D eigenvalue weighted by Gasteiger charge is -2.13. The summed E-state index contributed by atoms with van der Waals surface area (Å²) < 4.78 is 5.71. The minimum absolute atomic E-state index is 0.0929. The second kappa shape index (κ2) is 6.69. The third kappa shape index (κ3) is 3.45. The Morgan fingerprint density at radius 1 is 1.09 bits per heavy atom. The number of para-hydroxylation sites is 1. The molecule has 3 heteroatoms. The third-order valence-electron chi connectivity index (χ3n) is 4.14. The molecule has 1 N–H and O–H groups in total. The first-order valence-corrected chi connectivity index (χ1v) is 7.98. The molecule has 0 aliphatic rings. The van der Waals surface area contributed by atoms with Gasteiger partial charge in [0.05, 0.1) is 0 Å². The van der Waals surface area contributed by atoms with Crippen LogP contribution in [0.15, 0.2) is 59.0 Å². The Labute approximate surface area is 136 Å². The molecule has 3 rings (SSSR count). The third-order valence-corrected chi connectivity index (χ3v) is 4.14. The average molecular weight is 307 g/mol. The zero-order valence-corrected chi connectivity index (χ0v) is 13.5. The highest BCUT2D eigenvalue weighted by molar-refractivity contribution is 5.98. The van der Waals surface area contributed by atoms with E-state index >= 15 is 0 Å². The number of amides is 1. The number of carbonyl (C=O) groups excluding carboxylic acids is 1. The predicted octanol–water partition coefficient (Wildman–Crippen LogP) is 4.49. The Hall–Kier alpha value is -2.55. The van der Waals surface area contributed by atoms with Crippen molar-refractivity contribution in [2.45, 2.75) is 32.7 Å². The summed E-state index contributed by atoms with van der Waals surface area (Å²) >= 11 is 0. The summed E-state index contributed by atoms with van der Waals surface area (Å²) in [7, 11) is 0. The van der Waals surface area contributed by atoms with E-state index in [2.05, 4.69) is 17.4 Å². The van der Waals surface area contributed by atoms with E-state index in [0.717, 1.165) is 29.4 Å². The Balaban J connectivity index is 1.64. The van der Waals surface area contributed by atoms with Crippen molar-refractivity contribution in [1.29, 1.82) is 0 Å². The van der Waals surface area contributed by atoms with Crippen LogP contribution >= 0.6 is 0 Å². The summed E-state index contributed by atoms with van der Waals surface area (Å²) in [6.45, 7) is 3.95. The van der Waals surface area contributed by atoms with Gasteiger partial charge in [-0.1, -0.05) is 48.5 Å². The Bertz CT molecular complexity index is 805. The van der Waals surface area contributed by atoms with Gasteiger partial charge in [-0.2, -0.15) is 0 Å². The van der Waals surface area contributed by atoms with Crippen molar-refractivity contribution in [2.24, 2.45) is 0 Å². The van der Waals surface area contributed by atoms with Crippen molar-refractivity contribution in [3.63, 3.8) is 0 Å². The molecule has 0 saturated heterocycles. The smallest absolute Gasteiger partial charge is 0.287 e. The quantitative estimate of drug-likeness (QED) is 0.754. The number of carbonyl (C=O) groups is 1. The topological polar surface area (TPSA) is 42.2 Å². The van der Waals surface area contributed by atoms with Crippen LogP contribution in [0.25, 0.3) is 11.0 Å². The van der Waals surface area contributed by atoms with Crippen LogP contribution in [-0.2, 0) is 6.42 Å². The Morgan fingerprint density at radius 2 is 1.78 bits per heavy atom. The van der Waals surface area contributed by atoms with Crippen molar-refractivity contribution < 1.29 is 9.21 Å². The van der Waals surface area contributed by atoms with E-state index in [1.807, 2.05) is 56.3 Å². The molecule has 1 heterocycles. The van der Waals surface area contributed by atoms with E-state index in [-0.39, 0.29) is 11.9 Å². The molecule has 0 aliphatic heterocycles. The minimum atomic E-state index is -0.140. The number of hydrogen-bond donors (Lipinski definition) is 1. The van der Waals surface area contributed by atoms with Gasteiger partial charge in [0, 0.05) is 17.0 Å². The lowest BCUT2D eigenvalue weighted by atomic mass is 10.1. The number of fused-ring (bicyclic) bond motifs is 1. The van der Waals surface area contributed by atoms with Crippen LogP contribution in [0.5, 0.6) is 0 Å². The van der Waals surface area contributed by atoms with Crippen molar-refractivity contribution >= 4 is 16.9 Å². The molecule has 3 aromatic rings. The monoisotopic (exact) mass is 307 g/mol. The van der Waals surface area contributed by atoms with Crippen molar-refractivity contribution in [3.05, 3.63) is 71.5 Å². The molecule has 2 aromatic carbocycles. The molecule has 0 radical (unpaired) electrons. The molecule has 3 nitrogen and oxygen atoms in total. The molecule has 0 unspecified atom stereocenters. The van der Waals surface area contributed by atoms with Crippen molar-refractivity contribution in [1.82, 2.24) is 5.32 Å². The van der Waals surface area contributed by atoms with Gasteiger partial charge in [0.2, 0.25) is 0 Å². The fourth-order valence-electron chi connectivity index (χ4n) is 2.78. The van der Waals surface area contributed by atoms with E-state index in [9.17, 15) is 4.79 Å². The van der Waals surface area contributed by atoms with Gasteiger partial charge in [-0.3, -0.25) is 4.79 Å². The molecule has 0 spiro atoms. The van der Waals surface area contributed by atoms with E-state index in [1.165, 1.54) is 5.56 Å². The molecular weight excluding hydrogens is 286 g/mol. The summed E-state index contributed by atoms with van der Waals surface area (Å²) in [4.78, 5) is 12.5. The lowest BCUT2D eigenvalue weighted by molar-refractivity contribution is 0.0911. The van der Waals surface area contributed by atoms with Gasteiger partial charge in [0.15, 0.2) is 5.76 Å². The first-order valence-electron chi connectivity index (χ1n) is 7.98. The lowest BCUT2D eigenvalue weighted by Crippen LogP contribution is -2.33. The number of nitrogens with one attached hydrogen (secondary N) is 1. The molecule has 1 amide bonds. The summed E-state index contributed by atoms with van der Waals surface area (Å²) in [6, 6.07) is 18.1. The predicted molar refractivity (Wildman–Crippen MR) is 92.6 cm³/mol. The molecular formula is C20H21NO2. The van der Waals surface area contributed by atoms with Gasteiger partial charge in [0.1, 0.15) is 5.58 Å². The molecule has 1 aromatic heterocycles. The van der Waals surface area contributed by atoms with Crippen LogP contribution in [0.1, 0.15) is 35.0 Å². The maximum Gasteiger partial charge on any atom is 0.287 e. The van der Waals surface area contributed by atoms with Gasteiger partial charge in [-0.25, -0.2) is 0 Å². The molecule has 118 valence electrons. The van der Waals surface area contributed by atoms with Crippen molar-refractivity contribution in [2.75, 3.05) is 0 Å². The van der Waals surface area contributed by atoms with Gasteiger partial charge in [0.25, 0.3) is 5.91 Å². The molecule has 0 saturated carbocycles. The fourth-order valence-corrected chi connectivity index (χ4v) is 2.78. The molecule has 0 bridgehead atoms. The summed E-state index contributed by atoms with van der Waals surface area (Å²) in [5, 5.41) is 4.03. The molecule has 1 atom stereocenters. The Morgan fingerprint density at radius 3 is 2.52 bits per heavy atom. The van der Waals surface area contributed by atoms with Crippen LogP contribution in [0, 0.1) is 6.92 Å².